The third-order valence-corrected chi connectivity index (χ3v) is 2.99. The summed E-state index contributed by atoms with van der Waals surface area (Å²) < 4.78 is 40.9. The van der Waals surface area contributed by atoms with E-state index in [4.69, 9.17) is 0 Å². The molecule has 0 aliphatic heterocycles. The van der Waals surface area contributed by atoms with E-state index < -0.39 is 6.36 Å². The number of hydrogen-bond acceptors (Lipinski definition) is 3. The molecule has 1 aromatic heterocycles. The van der Waals surface area contributed by atoms with Gasteiger partial charge in [0.05, 0.1) is 5.52 Å². The van der Waals surface area contributed by atoms with Gasteiger partial charge in [0.25, 0.3) is 0 Å². The molecule has 21 heavy (non-hydrogen) atoms. The van der Waals surface area contributed by atoms with Crippen LogP contribution in [0.1, 0.15) is 26.0 Å². The van der Waals surface area contributed by atoms with Crippen LogP contribution in [0.2, 0.25) is 0 Å². The Morgan fingerprint density at radius 1 is 1.19 bits per heavy atom. The molecular weight excluding hydrogens is 281 g/mol. The Labute approximate surface area is 121 Å². The van der Waals surface area contributed by atoms with Crippen LogP contribution in [0.25, 0.3) is 10.9 Å². The zero-order chi connectivity index (χ0) is 15.5. The van der Waals surface area contributed by atoms with Crippen molar-refractivity contribution >= 4 is 16.6 Å². The van der Waals surface area contributed by atoms with Crippen LogP contribution in [0.15, 0.2) is 24.3 Å². The molecule has 0 unspecified atom stereocenters. The fourth-order valence-corrected chi connectivity index (χ4v) is 2.04. The van der Waals surface area contributed by atoms with E-state index in [1.807, 2.05) is 19.9 Å². The van der Waals surface area contributed by atoms with Gasteiger partial charge in [0.2, 0.25) is 0 Å². The van der Waals surface area contributed by atoms with Crippen molar-refractivity contribution in [2.75, 3.05) is 11.9 Å². The highest BCUT2D eigenvalue weighted by molar-refractivity contribution is 5.92. The minimum atomic E-state index is -4.69. The van der Waals surface area contributed by atoms with Crippen LogP contribution in [0.5, 0.6) is 5.75 Å². The minimum absolute atomic E-state index is 0.236. The lowest BCUT2D eigenvalue weighted by atomic mass is 10.1. The number of anilines is 1. The van der Waals surface area contributed by atoms with Crippen LogP contribution in [0.4, 0.5) is 18.9 Å². The summed E-state index contributed by atoms with van der Waals surface area (Å²) in [7, 11) is 0. The number of pyridine rings is 1. The molecule has 1 heterocycles. The molecule has 0 spiro atoms. The van der Waals surface area contributed by atoms with Crippen molar-refractivity contribution in [3.63, 3.8) is 0 Å². The molecule has 0 saturated heterocycles. The van der Waals surface area contributed by atoms with Crippen LogP contribution >= 0.6 is 0 Å². The first-order valence-electron chi connectivity index (χ1n) is 6.86. The van der Waals surface area contributed by atoms with Gasteiger partial charge >= 0.3 is 6.36 Å². The van der Waals surface area contributed by atoms with Gasteiger partial charge in [0.15, 0.2) is 0 Å². The smallest absolute Gasteiger partial charge is 0.406 e. The molecule has 114 valence electrons. The van der Waals surface area contributed by atoms with Crippen molar-refractivity contribution in [2.24, 2.45) is 0 Å². The average Bonchev–Trinajstić information content (AvgIpc) is 2.42. The van der Waals surface area contributed by atoms with E-state index in [9.17, 15) is 13.2 Å². The fourth-order valence-electron chi connectivity index (χ4n) is 2.04. The van der Waals surface area contributed by atoms with E-state index in [-0.39, 0.29) is 5.75 Å². The number of alkyl halides is 3. The highest BCUT2D eigenvalue weighted by Crippen LogP contribution is 2.30. The lowest BCUT2D eigenvalue weighted by Crippen LogP contribution is -2.17. The van der Waals surface area contributed by atoms with Gasteiger partial charge in [-0.3, -0.25) is 4.98 Å². The number of ether oxygens (including phenoxy) is 1. The second-order valence-electron chi connectivity index (χ2n) is 4.67. The maximum absolute atomic E-state index is 12.3. The van der Waals surface area contributed by atoms with Crippen molar-refractivity contribution in [1.82, 2.24) is 4.98 Å². The van der Waals surface area contributed by atoms with Gasteiger partial charge in [0.1, 0.15) is 5.75 Å². The third kappa shape index (κ3) is 4.00. The van der Waals surface area contributed by atoms with E-state index in [1.165, 1.54) is 12.1 Å². The molecule has 0 bridgehead atoms. The first kappa shape index (κ1) is 15.4. The SMILES string of the molecule is CCCNc1cc(CC)nc2ccc(OC(F)(F)F)cc12. The molecule has 0 amide bonds. The van der Waals surface area contributed by atoms with Gasteiger partial charge in [-0.25, -0.2) is 0 Å². The zero-order valence-corrected chi connectivity index (χ0v) is 11.9. The van der Waals surface area contributed by atoms with Gasteiger partial charge < -0.3 is 10.1 Å². The second kappa shape index (κ2) is 6.20. The Morgan fingerprint density at radius 2 is 1.95 bits per heavy atom. The number of nitrogens with zero attached hydrogens (tertiary/aromatic N) is 1. The number of halogens is 3. The molecule has 1 N–H and O–H groups in total. The lowest BCUT2D eigenvalue weighted by Gasteiger charge is -2.13. The van der Waals surface area contributed by atoms with E-state index in [0.717, 1.165) is 30.8 Å². The number of benzene rings is 1. The largest absolute Gasteiger partial charge is 0.573 e. The van der Waals surface area contributed by atoms with Crippen LogP contribution in [0, 0.1) is 0 Å². The van der Waals surface area contributed by atoms with Crippen molar-refractivity contribution in [2.45, 2.75) is 33.1 Å². The zero-order valence-electron chi connectivity index (χ0n) is 11.9. The summed E-state index contributed by atoms with van der Waals surface area (Å²) in [6.45, 7) is 4.75. The van der Waals surface area contributed by atoms with Crippen LogP contribution in [-0.4, -0.2) is 17.9 Å². The first-order chi connectivity index (χ1) is 9.93. The van der Waals surface area contributed by atoms with Crippen molar-refractivity contribution < 1.29 is 17.9 Å². The van der Waals surface area contributed by atoms with E-state index in [1.54, 1.807) is 6.07 Å². The quantitative estimate of drug-likeness (QED) is 0.881. The molecule has 6 heteroatoms. The second-order valence-corrected chi connectivity index (χ2v) is 4.67. The van der Waals surface area contributed by atoms with Crippen molar-refractivity contribution in [1.29, 1.82) is 0 Å². The number of nitrogens with one attached hydrogen (secondary N) is 1. The molecular formula is C15H17F3N2O. The van der Waals surface area contributed by atoms with Gasteiger partial charge in [-0.15, -0.1) is 13.2 Å². The van der Waals surface area contributed by atoms with Gasteiger partial charge in [-0.2, -0.15) is 0 Å². The number of fused-ring (bicyclic) bond motifs is 1. The Bertz CT molecular complexity index is 626. The van der Waals surface area contributed by atoms with Crippen molar-refractivity contribution in [3.8, 4) is 5.75 Å². The van der Waals surface area contributed by atoms with Crippen molar-refractivity contribution in [3.05, 3.63) is 30.0 Å². The number of rotatable bonds is 5. The normalized spacial score (nSPS) is 11.7. The summed E-state index contributed by atoms with van der Waals surface area (Å²) in [5.41, 5.74) is 2.33. The summed E-state index contributed by atoms with van der Waals surface area (Å²) in [5, 5.41) is 3.85. The Balaban J connectivity index is 2.47. The van der Waals surface area contributed by atoms with Crippen LogP contribution < -0.4 is 10.1 Å². The monoisotopic (exact) mass is 298 g/mol. The molecule has 0 aliphatic carbocycles. The van der Waals surface area contributed by atoms with E-state index in [0.29, 0.717) is 10.9 Å². The standard InChI is InChI=1S/C15H17F3N2O/c1-3-7-19-14-8-10(4-2)20-13-6-5-11(9-12(13)14)21-15(16,17)18/h5-6,8-9H,3-4,7H2,1-2H3,(H,19,20). The molecule has 2 aromatic rings. The van der Waals surface area contributed by atoms with Crippen LogP contribution in [-0.2, 0) is 6.42 Å². The molecule has 0 atom stereocenters. The maximum Gasteiger partial charge on any atom is 0.573 e. The number of aromatic nitrogens is 1. The predicted molar refractivity (Wildman–Crippen MR) is 76.6 cm³/mol. The predicted octanol–water partition coefficient (Wildman–Crippen LogP) is 4.52. The number of hydrogen-bond donors (Lipinski definition) is 1. The Hall–Kier alpha value is -1.98. The van der Waals surface area contributed by atoms with Gasteiger partial charge in [-0.05, 0) is 37.1 Å². The molecule has 2 rings (SSSR count). The summed E-state index contributed by atoms with van der Waals surface area (Å²) >= 11 is 0. The molecule has 0 saturated carbocycles. The number of aryl methyl sites for hydroxylation is 1. The van der Waals surface area contributed by atoms with Gasteiger partial charge in [-0.1, -0.05) is 13.8 Å². The lowest BCUT2D eigenvalue weighted by molar-refractivity contribution is -0.274. The molecule has 0 radical (unpaired) electrons. The van der Waals surface area contributed by atoms with Gasteiger partial charge in [0, 0.05) is 23.3 Å². The Morgan fingerprint density at radius 3 is 2.57 bits per heavy atom. The summed E-state index contributed by atoms with van der Waals surface area (Å²) in [6, 6.07) is 6.07. The topological polar surface area (TPSA) is 34.2 Å². The first-order valence-corrected chi connectivity index (χ1v) is 6.86. The summed E-state index contributed by atoms with van der Waals surface area (Å²) in [5.74, 6) is -0.236. The molecule has 0 aliphatic rings. The molecule has 1 aromatic carbocycles. The molecule has 3 nitrogen and oxygen atoms in total. The fraction of sp³-hybridized carbons (Fsp3) is 0.400. The van der Waals surface area contributed by atoms with E-state index in [2.05, 4.69) is 15.0 Å². The highest BCUT2D eigenvalue weighted by atomic mass is 19.4. The molecule has 0 fully saturated rings. The van der Waals surface area contributed by atoms with E-state index >= 15 is 0 Å². The summed E-state index contributed by atoms with van der Waals surface area (Å²) in [6.07, 6.45) is -3.01. The average molecular weight is 298 g/mol. The maximum atomic E-state index is 12.3. The Kier molecular flexibility index (Phi) is 4.55. The summed E-state index contributed by atoms with van der Waals surface area (Å²) in [4.78, 5) is 4.42. The minimum Gasteiger partial charge on any atom is -0.406 e. The van der Waals surface area contributed by atoms with Crippen LogP contribution in [0.3, 0.4) is 0 Å². The third-order valence-electron chi connectivity index (χ3n) is 2.99. The highest BCUT2D eigenvalue weighted by Gasteiger charge is 2.31.